The Kier molecular flexibility index (Phi) is 5.79. The molecule has 2 N–H and O–H groups in total. The average Bonchev–Trinajstić information content (AvgIpc) is 2.81. The van der Waals surface area contributed by atoms with Gasteiger partial charge in [-0.3, -0.25) is 0 Å². The molecule has 0 aromatic carbocycles. The summed E-state index contributed by atoms with van der Waals surface area (Å²) in [6.07, 6.45) is -1.70. The van der Waals surface area contributed by atoms with Crippen LogP contribution in [-0.4, -0.2) is 33.0 Å². The highest BCUT2D eigenvalue weighted by molar-refractivity contribution is 5.68. The average molecular weight is 327 g/mol. The lowest BCUT2D eigenvalue weighted by molar-refractivity contribution is 0.0323. The Morgan fingerprint density at radius 2 is 1.74 bits per heavy atom. The quantitative estimate of drug-likeness (QED) is 0.882. The number of carbonyl (C=O) groups is 1. The Bertz CT molecular complexity index is 526. The molecule has 0 saturated heterocycles. The second kappa shape index (κ2) is 6.86. The summed E-state index contributed by atoms with van der Waals surface area (Å²) in [5, 5.41) is 21.1. The second-order valence-corrected chi connectivity index (χ2v) is 8.06. The Morgan fingerprint density at radius 1 is 1.17 bits per heavy atom. The van der Waals surface area contributed by atoms with E-state index in [1.165, 1.54) is 0 Å². The van der Waals surface area contributed by atoms with Gasteiger partial charge in [0.25, 0.3) is 0 Å². The number of alkyl carbamates (subject to hydrolysis) is 1. The van der Waals surface area contributed by atoms with Gasteiger partial charge in [-0.25, -0.2) is 4.79 Å². The smallest absolute Gasteiger partial charge is 0.407 e. The fourth-order valence-electron chi connectivity index (χ4n) is 1.86. The molecule has 7 nitrogen and oxygen atoms in total. The minimum absolute atomic E-state index is 0.0532. The van der Waals surface area contributed by atoms with E-state index in [0.717, 1.165) is 0 Å². The number of amides is 1. The monoisotopic (exact) mass is 327 g/mol. The SMILES string of the molecule is CC(C)C(NC(=O)OC(C)(C)C)C(O)c1nnc(C(C)(C)C)o1. The number of aliphatic hydroxyl groups excluding tert-OH is 1. The first-order chi connectivity index (χ1) is 10.3. The number of nitrogens with one attached hydrogen (secondary N) is 1. The predicted octanol–water partition coefficient (Wildman–Crippen LogP) is 2.95. The third kappa shape index (κ3) is 5.82. The molecule has 0 bridgehead atoms. The first-order valence-electron chi connectivity index (χ1n) is 7.82. The van der Waals surface area contributed by atoms with Crippen molar-refractivity contribution in [2.45, 2.75) is 78.6 Å². The van der Waals surface area contributed by atoms with Crippen molar-refractivity contribution >= 4 is 6.09 Å². The Hall–Kier alpha value is -1.63. The third-order valence-electron chi connectivity index (χ3n) is 3.08. The van der Waals surface area contributed by atoms with Crippen LogP contribution < -0.4 is 5.32 Å². The molecule has 1 aromatic heterocycles. The maximum absolute atomic E-state index is 12.0. The molecule has 0 fully saturated rings. The molecule has 7 heteroatoms. The van der Waals surface area contributed by atoms with Crippen molar-refractivity contribution in [2.75, 3.05) is 0 Å². The molecule has 23 heavy (non-hydrogen) atoms. The van der Waals surface area contributed by atoms with Crippen LogP contribution in [0.25, 0.3) is 0 Å². The van der Waals surface area contributed by atoms with E-state index >= 15 is 0 Å². The summed E-state index contributed by atoms with van der Waals surface area (Å²) in [4.78, 5) is 12.0. The number of hydrogen-bond acceptors (Lipinski definition) is 6. The van der Waals surface area contributed by atoms with Gasteiger partial charge in [-0.1, -0.05) is 34.6 Å². The minimum Gasteiger partial charge on any atom is -0.444 e. The molecule has 1 rings (SSSR count). The zero-order valence-corrected chi connectivity index (χ0v) is 15.3. The number of aromatic nitrogens is 2. The van der Waals surface area contributed by atoms with E-state index in [1.807, 2.05) is 34.6 Å². The molecule has 0 spiro atoms. The molecule has 0 aliphatic rings. The summed E-state index contributed by atoms with van der Waals surface area (Å²) in [5.41, 5.74) is -0.919. The maximum Gasteiger partial charge on any atom is 0.407 e. The molecule has 1 heterocycles. The summed E-state index contributed by atoms with van der Waals surface area (Å²) in [6, 6.07) is -0.599. The molecular weight excluding hydrogens is 298 g/mol. The molecular formula is C16H29N3O4. The van der Waals surface area contributed by atoms with Crippen LogP contribution in [0.2, 0.25) is 0 Å². The van der Waals surface area contributed by atoms with Crippen LogP contribution in [0.5, 0.6) is 0 Å². The van der Waals surface area contributed by atoms with Crippen molar-refractivity contribution in [3.8, 4) is 0 Å². The lowest BCUT2D eigenvalue weighted by Crippen LogP contribution is -2.45. The van der Waals surface area contributed by atoms with E-state index < -0.39 is 23.8 Å². The van der Waals surface area contributed by atoms with E-state index in [2.05, 4.69) is 15.5 Å². The van der Waals surface area contributed by atoms with Gasteiger partial charge in [0, 0.05) is 5.41 Å². The molecule has 0 saturated carbocycles. The van der Waals surface area contributed by atoms with Gasteiger partial charge in [0.05, 0.1) is 6.04 Å². The van der Waals surface area contributed by atoms with Crippen LogP contribution in [0.15, 0.2) is 4.42 Å². The van der Waals surface area contributed by atoms with Gasteiger partial charge in [0.15, 0.2) is 6.10 Å². The summed E-state index contributed by atoms with van der Waals surface area (Å²) in [5.74, 6) is 0.471. The number of hydrogen-bond donors (Lipinski definition) is 2. The molecule has 0 aliphatic heterocycles. The van der Waals surface area contributed by atoms with Gasteiger partial charge < -0.3 is 19.6 Å². The van der Waals surface area contributed by atoms with Crippen LogP contribution in [0.4, 0.5) is 4.79 Å². The van der Waals surface area contributed by atoms with Crippen molar-refractivity contribution in [1.29, 1.82) is 0 Å². The van der Waals surface area contributed by atoms with Gasteiger partial charge in [0.1, 0.15) is 5.60 Å². The lowest BCUT2D eigenvalue weighted by Gasteiger charge is -2.27. The number of nitrogens with zero attached hydrogens (tertiary/aromatic N) is 2. The van der Waals surface area contributed by atoms with E-state index in [4.69, 9.17) is 9.15 Å². The standard InChI is InChI=1S/C16H29N3O4/c1-9(2)10(17-14(21)23-16(6,7)8)11(20)12-18-19-13(22-12)15(3,4)5/h9-11,20H,1-8H3,(H,17,21). The molecule has 2 unspecified atom stereocenters. The Labute approximate surface area is 137 Å². The van der Waals surface area contributed by atoms with Crippen LogP contribution >= 0.6 is 0 Å². The van der Waals surface area contributed by atoms with Gasteiger partial charge in [-0.15, -0.1) is 10.2 Å². The summed E-state index contributed by atoms with van der Waals surface area (Å²) >= 11 is 0. The second-order valence-electron chi connectivity index (χ2n) is 8.06. The lowest BCUT2D eigenvalue weighted by atomic mass is 9.97. The van der Waals surface area contributed by atoms with Crippen LogP contribution in [-0.2, 0) is 10.2 Å². The van der Waals surface area contributed by atoms with E-state index in [1.54, 1.807) is 20.8 Å². The van der Waals surface area contributed by atoms with Crippen LogP contribution in [0.1, 0.15) is 73.3 Å². The fraction of sp³-hybridized carbons (Fsp3) is 0.812. The Balaban J connectivity index is 2.89. The normalized spacial score (nSPS) is 15.4. The highest BCUT2D eigenvalue weighted by atomic mass is 16.6. The topological polar surface area (TPSA) is 97.5 Å². The summed E-state index contributed by atoms with van der Waals surface area (Å²) in [6.45, 7) is 14.9. The first kappa shape index (κ1) is 19.4. The molecule has 132 valence electrons. The Morgan fingerprint density at radius 3 is 2.13 bits per heavy atom. The molecule has 1 amide bonds. The number of ether oxygens (including phenoxy) is 1. The third-order valence-corrected chi connectivity index (χ3v) is 3.08. The van der Waals surface area contributed by atoms with E-state index in [9.17, 15) is 9.90 Å². The predicted molar refractivity (Wildman–Crippen MR) is 86.0 cm³/mol. The fourth-order valence-corrected chi connectivity index (χ4v) is 1.86. The van der Waals surface area contributed by atoms with Crippen molar-refractivity contribution in [1.82, 2.24) is 15.5 Å². The van der Waals surface area contributed by atoms with Crippen molar-refractivity contribution in [3.63, 3.8) is 0 Å². The highest BCUT2D eigenvalue weighted by Crippen LogP contribution is 2.26. The number of carbonyl (C=O) groups excluding carboxylic acids is 1. The first-order valence-corrected chi connectivity index (χ1v) is 7.82. The molecule has 2 atom stereocenters. The van der Waals surface area contributed by atoms with Gasteiger partial charge in [0.2, 0.25) is 11.8 Å². The van der Waals surface area contributed by atoms with Crippen molar-refractivity contribution < 1.29 is 19.1 Å². The molecule has 0 aliphatic carbocycles. The van der Waals surface area contributed by atoms with Crippen LogP contribution in [0.3, 0.4) is 0 Å². The molecule has 1 aromatic rings. The highest BCUT2D eigenvalue weighted by Gasteiger charge is 2.32. The van der Waals surface area contributed by atoms with E-state index in [0.29, 0.717) is 5.89 Å². The van der Waals surface area contributed by atoms with Gasteiger partial charge in [-0.2, -0.15) is 0 Å². The van der Waals surface area contributed by atoms with Crippen molar-refractivity contribution in [3.05, 3.63) is 11.8 Å². The number of aliphatic hydroxyl groups is 1. The van der Waals surface area contributed by atoms with E-state index in [-0.39, 0.29) is 17.2 Å². The summed E-state index contributed by atoms with van der Waals surface area (Å²) in [7, 11) is 0. The largest absolute Gasteiger partial charge is 0.444 e. The van der Waals surface area contributed by atoms with Gasteiger partial charge >= 0.3 is 6.09 Å². The zero-order chi connectivity index (χ0) is 18.0. The van der Waals surface area contributed by atoms with Crippen molar-refractivity contribution in [2.24, 2.45) is 5.92 Å². The zero-order valence-electron chi connectivity index (χ0n) is 15.3. The van der Waals surface area contributed by atoms with Crippen LogP contribution in [0, 0.1) is 5.92 Å². The summed E-state index contributed by atoms with van der Waals surface area (Å²) < 4.78 is 10.8. The number of rotatable bonds is 4. The molecule has 0 radical (unpaired) electrons. The maximum atomic E-state index is 12.0. The minimum atomic E-state index is -1.11. The van der Waals surface area contributed by atoms with Gasteiger partial charge in [-0.05, 0) is 26.7 Å².